The number of carboxylic acid groups (broad SMARTS) is 2. The van der Waals surface area contributed by atoms with Crippen molar-refractivity contribution >= 4 is 32.8 Å². The third-order valence-corrected chi connectivity index (χ3v) is 3.86. The summed E-state index contributed by atoms with van der Waals surface area (Å²) in [4.78, 5) is 21.2. The van der Waals surface area contributed by atoms with Gasteiger partial charge in [0.05, 0.1) is 10.9 Å². The zero-order chi connectivity index (χ0) is 16.8. The standard InChI is InChI=1S/C12H8O9S/c13-5-3-1-2-4-6(5)9(14)7(11(15)16)8(12(17)18)10(4)22(19,20)21/h1-3,13-14H,(H,15,16)(H,17,18)(H,19,20,21). The van der Waals surface area contributed by atoms with Gasteiger partial charge in [-0.3, -0.25) is 4.55 Å². The molecule has 22 heavy (non-hydrogen) atoms. The number of phenolic OH excluding ortho intramolecular Hbond substituents is 1. The number of hydrogen-bond donors (Lipinski definition) is 5. The fourth-order valence-corrected chi connectivity index (χ4v) is 3.05. The molecule has 116 valence electrons. The van der Waals surface area contributed by atoms with Gasteiger partial charge >= 0.3 is 11.9 Å². The number of benzene rings is 2. The number of carboxylic acids is 2. The Hall–Kier alpha value is -2.85. The highest BCUT2D eigenvalue weighted by Gasteiger charge is 2.34. The molecule has 0 aliphatic rings. The van der Waals surface area contributed by atoms with Gasteiger partial charge in [-0.25, -0.2) is 9.59 Å². The molecule has 0 bridgehead atoms. The van der Waals surface area contributed by atoms with Gasteiger partial charge in [-0.2, -0.15) is 8.42 Å². The van der Waals surface area contributed by atoms with E-state index in [1.807, 2.05) is 0 Å². The summed E-state index contributed by atoms with van der Waals surface area (Å²) in [6, 6.07) is 3.18. The molecule has 0 aliphatic heterocycles. The molecule has 0 fully saturated rings. The van der Waals surface area contributed by atoms with Gasteiger partial charge in [0, 0.05) is 5.39 Å². The third-order valence-electron chi connectivity index (χ3n) is 2.92. The summed E-state index contributed by atoms with van der Waals surface area (Å²) >= 11 is 0. The Morgan fingerprint density at radius 1 is 0.955 bits per heavy atom. The van der Waals surface area contributed by atoms with Crippen LogP contribution in [-0.2, 0) is 10.1 Å². The highest BCUT2D eigenvalue weighted by molar-refractivity contribution is 7.86. The number of aromatic hydroxyl groups is 2. The van der Waals surface area contributed by atoms with E-state index in [0.29, 0.717) is 0 Å². The number of carbonyl (C=O) groups is 2. The van der Waals surface area contributed by atoms with Crippen LogP contribution in [0, 0.1) is 0 Å². The Morgan fingerprint density at radius 3 is 1.95 bits per heavy atom. The first kappa shape index (κ1) is 15.5. The Morgan fingerprint density at radius 2 is 1.50 bits per heavy atom. The van der Waals surface area contributed by atoms with Crippen molar-refractivity contribution in [2.45, 2.75) is 4.90 Å². The maximum Gasteiger partial charge on any atom is 0.340 e. The topological polar surface area (TPSA) is 169 Å². The summed E-state index contributed by atoms with van der Waals surface area (Å²) in [6.07, 6.45) is 0. The minimum absolute atomic E-state index is 0.526. The number of rotatable bonds is 3. The zero-order valence-electron chi connectivity index (χ0n) is 10.5. The van der Waals surface area contributed by atoms with Gasteiger partial charge in [0.25, 0.3) is 10.1 Å². The number of fused-ring (bicyclic) bond motifs is 1. The van der Waals surface area contributed by atoms with Crippen molar-refractivity contribution in [1.82, 2.24) is 0 Å². The first-order valence-corrected chi connectivity index (χ1v) is 6.96. The van der Waals surface area contributed by atoms with E-state index in [2.05, 4.69) is 0 Å². The lowest BCUT2D eigenvalue weighted by Gasteiger charge is -2.14. The number of aromatic carboxylic acids is 2. The zero-order valence-corrected chi connectivity index (χ0v) is 11.3. The largest absolute Gasteiger partial charge is 0.507 e. The van der Waals surface area contributed by atoms with Gasteiger partial charge in [-0.1, -0.05) is 12.1 Å². The Bertz CT molecular complexity index is 927. The molecule has 0 heterocycles. The van der Waals surface area contributed by atoms with Crippen LogP contribution in [0.1, 0.15) is 20.7 Å². The summed E-state index contributed by atoms with van der Waals surface area (Å²) in [7, 11) is -5.16. The van der Waals surface area contributed by atoms with Gasteiger partial charge in [0.2, 0.25) is 0 Å². The van der Waals surface area contributed by atoms with Crippen molar-refractivity contribution < 1.29 is 43.0 Å². The molecule has 5 N–H and O–H groups in total. The smallest absolute Gasteiger partial charge is 0.340 e. The molecule has 2 aromatic carbocycles. The quantitative estimate of drug-likeness (QED) is 0.513. The minimum Gasteiger partial charge on any atom is -0.507 e. The van der Waals surface area contributed by atoms with Crippen LogP contribution in [0.4, 0.5) is 0 Å². The van der Waals surface area contributed by atoms with E-state index in [9.17, 15) is 32.8 Å². The molecule has 0 saturated carbocycles. The molecule has 0 aromatic heterocycles. The highest BCUT2D eigenvalue weighted by atomic mass is 32.2. The molecule has 2 aromatic rings. The second-order valence-corrected chi connectivity index (χ2v) is 5.57. The monoisotopic (exact) mass is 328 g/mol. The van der Waals surface area contributed by atoms with Crippen molar-refractivity contribution in [3.05, 3.63) is 29.3 Å². The van der Waals surface area contributed by atoms with E-state index in [1.54, 1.807) is 0 Å². The van der Waals surface area contributed by atoms with E-state index < -0.39 is 60.4 Å². The van der Waals surface area contributed by atoms with Crippen molar-refractivity contribution in [1.29, 1.82) is 0 Å². The van der Waals surface area contributed by atoms with Crippen LogP contribution in [0.15, 0.2) is 23.1 Å². The molecule has 10 heteroatoms. The summed E-state index contributed by atoms with van der Waals surface area (Å²) in [5, 5.41) is 36.7. The van der Waals surface area contributed by atoms with Gasteiger partial charge in [-0.15, -0.1) is 0 Å². The highest BCUT2D eigenvalue weighted by Crippen LogP contribution is 2.42. The molecule has 0 atom stereocenters. The molecule has 0 radical (unpaired) electrons. The van der Waals surface area contributed by atoms with Gasteiger partial charge < -0.3 is 20.4 Å². The van der Waals surface area contributed by atoms with Crippen molar-refractivity contribution in [3.63, 3.8) is 0 Å². The van der Waals surface area contributed by atoms with Crippen molar-refractivity contribution in [2.75, 3.05) is 0 Å². The minimum atomic E-state index is -5.16. The van der Waals surface area contributed by atoms with Crippen LogP contribution in [-0.4, -0.2) is 45.3 Å². The molecular formula is C12H8O9S. The third kappa shape index (κ3) is 2.19. The summed E-state index contributed by atoms with van der Waals surface area (Å²) in [5.74, 6) is -5.72. The maximum absolute atomic E-state index is 11.5. The van der Waals surface area contributed by atoms with Crippen LogP contribution in [0.5, 0.6) is 11.5 Å². The molecule has 0 unspecified atom stereocenters. The van der Waals surface area contributed by atoms with Gasteiger partial charge in [0.15, 0.2) is 0 Å². The lowest BCUT2D eigenvalue weighted by atomic mass is 9.98. The number of hydrogen-bond acceptors (Lipinski definition) is 6. The SMILES string of the molecule is O=C(O)c1c(C(=O)O)c(O)c2c(O)cccc2c1S(=O)(=O)O. The number of phenols is 2. The molecule has 9 nitrogen and oxygen atoms in total. The predicted molar refractivity (Wildman–Crippen MR) is 71.0 cm³/mol. The normalized spacial score (nSPS) is 11.5. The Kier molecular flexibility index (Phi) is 3.43. The predicted octanol–water partition coefficient (Wildman–Crippen LogP) is 0.894. The van der Waals surface area contributed by atoms with E-state index in [-0.39, 0.29) is 0 Å². The van der Waals surface area contributed by atoms with E-state index in [0.717, 1.165) is 18.2 Å². The Balaban J connectivity index is 3.31. The first-order chi connectivity index (χ1) is 10.1. The van der Waals surface area contributed by atoms with Crippen molar-refractivity contribution in [2.24, 2.45) is 0 Å². The fourth-order valence-electron chi connectivity index (χ4n) is 2.15. The van der Waals surface area contributed by atoms with Crippen LogP contribution in [0.2, 0.25) is 0 Å². The van der Waals surface area contributed by atoms with Crippen LogP contribution < -0.4 is 0 Å². The van der Waals surface area contributed by atoms with E-state index in [4.69, 9.17) is 10.2 Å². The Labute approximate surface area is 122 Å². The van der Waals surface area contributed by atoms with Gasteiger partial charge in [-0.05, 0) is 6.07 Å². The fraction of sp³-hybridized carbons (Fsp3) is 0. The summed E-state index contributed by atoms with van der Waals surface area (Å²) in [5.41, 5.74) is -2.56. The average molecular weight is 328 g/mol. The molecule has 0 aliphatic carbocycles. The first-order valence-electron chi connectivity index (χ1n) is 5.52. The second kappa shape index (κ2) is 4.86. The molecule has 0 saturated heterocycles. The second-order valence-electron chi connectivity index (χ2n) is 4.21. The maximum atomic E-state index is 11.5. The molecular weight excluding hydrogens is 320 g/mol. The van der Waals surface area contributed by atoms with E-state index >= 15 is 0 Å². The lowest BCUT2D eigenvalue weighted by Crippen LogP contribution is -2.15. The van der Waals surface area contributed by atoms with Crippen LogP contribution >= 0.6 is 0 Å². The summed E-state index contributed by atoms with van der Waals surface area (Å²) in [6.45, 7) is 0. The molecule has 0 spiro atoms. The van der Waals surface area contributed by atoms with Gasteiger partial charge in [0.1, 0.15) is 22.0 Å². The molecule has 0 amide bonds. The van der Waals surface area contributed by atoms with Crippen LogP contribution in [0.3, 0.4) is 0 Å². The van der Waals surface area contributed by atoms with Crippen LogP contribution in [0.25, 0.3) is 10.8 Å². The summed E-state index contributed by atoms with van der Waals surface area (Å²) < 4.78 is 32.3. The molecule has 2 rings (SSSR count). The average Bonchev–Trinajstić information content (AvgIpc) is 2.35. The van der Waals surface area contributed by atoms with Crippen molar-refractivity contribution in [3.8, 4) is 11.5 Å². The van der Waals surface area contributed by atoms with E-state index in [1.165, 1.54) is 0 Å². The lowest BCUT2D eigenvalue weighted by molar-refractivity contribution is 0.0645.